The second-order valence-electron chi connectivity index (χ2n) is 17.2. The third-order valence-corrected chi connectivity index (χ3v) is 13.7. The van der Waals surface area contributed by atoms with Gasteiger partial charge in [0.05, 0.1) is 5.41 Å². The summed E-state index contributed by atoms with van der Waals surface area (Å²) in [5, 5.41) is 0. The lowest BCUT2D eigenvalue weighted by Crippen LogP contribution is -2.28. The van der Waals surface area contributed by atoms with E-state index in [4.69, 9.17) is 9.47 Å². The van der Waals surface area contributed by atoms with Crippen LogP contribution in [0.1, 0.15) is 27.8 Å². The number of allylic oxidation sites excluding steroid dienone is 12. The molecule has 4 aliphatic carbocycles. The lowest BCUT2D eigenvalue weighted by atomic mass is 9.67. The first-order chi connectivity index (χ1) is 32.2. The van der Waals surface area contributed by atoms with Crippen molar-refractivity contribution in [2.24, 2.45) is 5.92 Å². The summed E-state index contributed by atoms with van der Waals surface area (Å²) in [6.07, 6.45) is 17.9. The Morgan fingerprint density at radius 2 is 0.969 bits per heavy atom. The largest absolute Gasteiger partial charge is 0.449 e. The Morgan fingerprint density at radius 3 is 1.71 bits per heavy atom. The van der Waals surface area contributed by atoms with Gasteiger partial charge in [0, 0.05) is 28.5 Å². The van der Waals surface area contributed by atoms with Crippen LogP contribution in [0.15, 0.2) is 259 Å². The third-order valence-electron chi connectivity index (χ3n) is 13.7. The fraction of sp³-hybridized carbons (Fsp3) is 0.0323. The molecule has 2 unspecified atom stereocenters. The molecule has 2 atom stereocenters. The number of fused-ring (bicyclic) bond motifs is 6. The van der Waals surface area contributed by atoms with Crippen LogP contribution >= 0.6 is 0 Å². The number of para-hydroxylation sites is 2. The Labute approximate surface area is 379 Å². The molecule has 0 N–H and O–H groups in total. The van der Waals surface area contributed by atoms with Crippen LogP contribution in [0.25, 0.3) is 27.8 Å². The van der Waals surface area contributed by atoms with E-state index in [9.17, 15) is 0 Å². The van der Waals surface area contributed by atoms with Crippen molar-refractivity contribution in [3.63, 3.8) is 0 Å². The van der Waals surface area contributed by atoms with Crippen LogP contribution in [-0.4, -0.2) is 0 Å². The number of hydrogen-bond acceptors (Lipinski definition) is 3. The Bertz CT molecular complexity index is 3390. The fourth-order valence-electron chi connectivity index (χ4n) is 10.8. The van der Waals surface area contributed by atoms with Crippen LogP contribution in [0.2, 0.25) is 0 Å². The molecule has 3 nitrogen and oxygen atoms in total. The second kappa shape index (κ2) is 14.9. The lowest BCUT2D eigenvalue weighted by molar-refractivity contribution is 0.360. The Hall–Kier alpha value is -8.40. The average molecular weight is 832 g/mol. The summed E-state index contributed by atoms with van der Waals surface area (Å²) in [5.41, 5.74) is 18.4. The van der Waals surface area contributed by atoms with Crippen molar-refractivity contribution in [3.8, 4) is 45.3 Å². The van der Waals surface area contributed by atoms with Gasteiger partial charge in [0.15, 0.2) is 23.0 Å². The van der Waals surface area contributed by atoms with E-state index in [-0.39, 0.29) is 5.92 Å². The highest BCUT2D eigenvalue weighted by Crippen LogP contribution is 2.62. The molecule has 0 radical (unpaired) electrons. The molecule has 1 heterocycles. The van der Waals surface area contributed by atoms with Gasteiger partial charge in [-0.3, -0.25) is 0 Å². The van der Waals surface area contributed by atoms with Crippen molar-refractivity contribution in [3.05, 3.63) is 287 Å². The number of hydrogen-bond donors (Lipinski definition) is 0. The van der Waals surface area contributed by atoms with Crippen LogP contribution in [-0.2, 0) is 5.41 Å². The van der Waals surface area contributed by atoms with Crippen molar-refractivity contribution >= 4 is 22.6 Å². The van der Waals surface area contributed by atoms with Crippen molar-refractivity contribution in [1.82, 2.24) is 0 Å². The molecule has 1 aliphatic heterocycles. The van der Waals surface area contributed by atoms with Crippen molar-refractivity contribution in [2.45, 2.75) is 5.41 Å². The Morgan fingerprint density at radius 1 is 0.400 bits per heavy atom. The molecule has 0 spiro atoms. The monoisotopic (exact) mass is 831 g/mol. The minimum absolute atomic E-state index is 0.281. The molecular formula is C62H41NO2. The zero-order chi connectivity index (χ0) is 42.9. The molecular weight excluding hydrogens is 791 g/mol. The van der Waals surface area contributed by atoms with E-state index < -0.39 is 5.41 Å². The number of nitrogens with zero attached hydrogens (tertiary/aromatic N) is 1. The zero-order valence-corrected chi connectivity index (χ0v) is 35.4. The molecule has 0 saturated heterocycles. The number of benzene rings is 8. The summed E-state index contributed by atoms with van der Waals surface area (Å²) in [7, 11) is 0. The molecule has 65 heavy (non-hydrogen) atoms. The van der Waals surface area contributed by atoms with Crippen LogP contribution < -0.4 is 14.4 Å². The van der Waals surface area contributed by atoms with Gasteiger partial charge >= 0.3 is 0 Å². The summed E-state index contributed by atoms with van der Waals surface area (Å²) < 4.78 is 13.3. The normalized spacial score (nSPS) is 17.9. The summed E-state index contributed by atoms with van der Waals surface area (Å²) in [5.74, 6) is 3.19. The van der Waals surface area contributed by atoms with Crippen LogP contribution in [0.4, 0.5) is 17.1 Å². The SMILES string of the molecule is C1=CC2=CC=CC3=CC=C(c4ccc(N(c5ccc(-c6ccccc6)cc5)c5ccc(C6(c7ccccc7)c7ccccc7-c7c6ccc6c7Oc7ccccc7O6)cc5)cc4)C(=C1)C23. The Kier molecular flexibility index (Phi) is 8.50. The first-order valence-electron chi connectivity index (χ1n) is 22.4. The van der Waals surface area contributed by atoms with Gasteiger partial charge in [0.2, 0.25) is 0 Å². The molecule has 0 amide bonds. The van der Waals surface area contributed by atoms with E-state index in [1.165, 1.54) is 55.7 Å². The highest BCUT2D eigenvalue weighted by molar-refractivity contribution is 5.93. The summed E-state index contributed by atoms with van der Waals surface area (Å²) in [6, 6.07) is 69.7. The quantitative estimate of drug-likeness (QED) is 0.160. The van der Waals surface area contributed by atoms with Gasteiger partial charge in [-0.1, -0.05) is 188 Å². The smallest absolute Gasteiger partial charge is 0.178 e. The first-order valence-corrected chi connectivity index (χ1v) is 22.4. The van der Waals surface area contributed by atoms with E-state index >= 15 is 0 Å². The molecule has 5 aliphatic rings. The van der Waals surface area contributed by atoms with Crippen LogP contribution in [0, 0.1) is 5.92 Å². The number of ether oxygens (including phenoxy) is 2. The van der Waals surface area contributed by atoms with Gasteiger partial charge in [-0.25, -0.2) is 0 Å². The molecule has 8 aromatic carbocycles. The van der Waals surface area contributed by atoms with Crippen molar-refractivity contribution < 1.29 is 9.47 Å². The van der Waals surface area contributed by atoms with Crippen LogP contribution in [0.3, 0.4) is 0 Å². The predicted octanol–water partition coefficient (Wildman–Crippen LogP) is 16.0. The van der Waals surface area contributed by atoms with Crippen molar-refractivity contribution in [1.29, 1.82) is 0 Å². The standard InChI is InChI=1S/C62H41NO2/c1-3-13-41(14-4-1)42-25-32-48(33-26-42)63(49-34-27-43(28-35-49)51-38-29-45-16-11-15-44-17-12-21-52(51)59(44)45)50-36-30-47(31-37-50)62(46-18-5-2-6-19-46)54-22-8-7-20-53(54)60-55(62)39-40-58-61(60)65-57-24-10-9-23-56(57)64-58/h1-40,59H. The molecule has 0 aromatic heterocycles. The predicted molar refractivity (Wildman–Crippen MR) is 264 cm³/mol. The third kappa shape index (κ3) is 5.82. The van der Waals surface area contributed by atoms with Gasteiger partial charge in [0.1, 0.15) is 0 Å². The van der Waals surface area contributed by atoms with Crippen LogP contribution in [0.5, 0.6) is 23.0 Å². The average Bonchev–Trinajstić information content (AvgIpc) is 3.69. The maximum Gasteiger partial charge on any atom is 0.178 e. The van der Waals surface area contributed by atoms with E-state index in [0.717, 1.165) is 56.8 Å². The van der Waals surface area contributed by atoms with E-state index in [1.807, 2.05) is 24.3 Å². The molecule has 3 heteroatoms. The van der Waals surface area contributed by atoms with Gasteiger partial charge in [-0.2, -0.15) is 0 Å². The van der Waals surface area contributed by atoms with Gasteiger partial charge in [-0.05, 0) is 121 Å². The fourth-order valence-corrected chi connectivity index (χ4v) is 10.8. The van der Waals surface area contributed by atoms with Gasteiger partial charge < -0.3 is 14.4 Å². The molecule has 0 saturated carbocycles. The highest BCUT2D eigenvalue weighted by Gasteiger charge is 2.48. The number of rotatable bonds is 7. The minimum Gasteiger partial charge on any atom is -0.449 e. The summed E-state index contributed by atoms with van der Waals surface area (Å²) >= 11 is 0. The number of anilines is 3. The van der Waals surface area contributed by atoms with Gasteiger partial charge in [-0.15, -0.1) is 0 Å². The molecule has 306 valence electrons. The topological polar surface area (TPSA) is 21.7 Å². The maximum absolute atomic E-state index is 6.77. The van der Waals surface area contributed by atoms with Gasteiger partial charge in [0.25, 0.3) is 0 Å². The minimum atomic E-state index is -0.626. The molecule has 0 bridgehead atoms. The molecule has 13 rings (SSSR count). The Balaban J connectivity index is 0.941. The van der Waals surface area contributed by atoms with Crippen molar-refractivity contribution in [2.75, 3.05) is 4.90 Å². The maximum atomic E-state index is 6.77. The highest BCUT2D eigenvalue weighted by atomic mass is 16.6. The molecule has 8 aromatic rings. The zero-order valence-electron chi connectivity index (χ0n) is 35.4. The second-order valence-corrected chi connectivity index (χ2v) is 17.2. The summed E-state index contributed by atoms with van der Waals surface area (Å²) in [4.78, 5) is 2.37. The van der Waals surface area contributed by atoms with E-state index in [0.29, 0.717) is 0 Å². The van der Waals surface area contributed by atoms with E-state index in [2.05, 4.69) is 223 Å². The lowest BCUT2D eigenvalue weighted by Gasteiger charge is -2.35. The summed E-state index contributed by atoms with van der Waals surface area (Å²) in [6.45, 7) is 0. The van der Waals surface area contributed by atoms with E-state index in [1.54, 1.807) is 0 Å². The molecule has 0 fully saturated rings. The first kappa shape index (κ1) is 37.2.